The molecule has 0 atom stereocenters. The molecule has 1 saturated carbocycles. The Morgan fingerprint density at radius 1 is 1.07 bits per heavy atom. The van der Waals surface area contributed by atoms with Crippen molar-refractivity contribution in [2.24, 2.45) is 5.92 Å². The molecule has 2 aromatic rings. The fraction of sp³-hybridized carbons (Fsp3) is 0.429. The van der Waals surface area contributed by atoms with Gasteiger partial charge in [-0.15, -0.1) is 0 Å². The van der Waals surface area contributed by atoms with Crippen molar-refractivity contribution < 1.29 is 13.2 Å². The van der Waals surface area contributed by atoms with Crippen LogP contribution in [0.25, 0.3) is 0 Å². The summed E-state index contributed by atoms with van der Waals surface area (Å²) in [5, 5.41) is 0. The van der Waals surface area contributed by atoms with Gasteiger partial charge in [-0.3, -0.25) is 9.10 Å². The number of carbonyl (C=O) groups excluding carboxylic acids is 1. The molecule has 0 spiro atoms. The molecule has 29 heavy (non-hydrogen) atoms. The average molecular weight is 415 g/mol. The summed E-state index contributed by atoms with van der Waals surface area (Å²) in [4.78, 5) is 20.8. The van der Waals surface area contributed by atoms with Gasteiger partial charge in [-0.05, 0) is 44.0 Å². The summed E-state index contributed by atoms with van der Waals surface area (Å²) >= 11 is 0. The Labute approximate surface area is 172 Å². The molecule has 2 aliphatic rings. The number of sulfonamides is 1. The SMILES string of the molecule is CCN(c1ccccc1)S(=O)(=O)c1ccc(N2CCN(C(=O)C3CC3)CC2)nc1. The van der Waals surface area contributed by atoms with Gasteiger partial charge in [-0.1, -0.05) is 18.2 Å². The van der Waals surface area contributed by atoms with E-state index in [0.29, 0.717) is 38.4 Å². The Morgan fingerprint density at radius 3 is 2.31 bits per heavy atom. The van der Waals surface area contributed by atoms with E-state index in [1.807, 2.05) is 30.0 Å². The molecule has 2 fully saturated rings. The summed E-state index contributed by atoms with van der Waals surface area (Å²) in [6, 6.07) is 12.4. The maximum absolute atomic E-state index is 13.1. The first-order valence-electron chi connectivity index (χ1n) is 10.1. The second-order valence-electron chi connectivity index (χ2n) is 7.44. The monoisotopic (exact) mass is 414 g/mol. The van der Waals surface area contributed by atoms with Crippen molar-refractivity contribution in [3.63, 3.8) is 0 Å². The molecule has 1 saturated heterocycles. The predicted octanol–water partition coefficient (Wildman–Crippen LogP) is 2.36. The number of carbonyl (C=O) groups is 1. The van der Waals surface area contributed by atoms with Crippen molar-refractivity contribution in [1.29, 1.82) is 0 Å². The van der Waals surface area contributed by atoms with Crippen LogP contribution in [0.15, 0.2) is 53.6 Å². The number of piperazine rings is 1. The Morgan fingerprint density at radius 2 is 1.76 bits per heavy atom. The van der Waals surface area contributed by atoms with Crippen LogP contribution < -0.4 is 9.21 Å². The molecule has 154 valence electrons. The average Bonchev–Trinajstić information content (AvgIpc) is 3.60. The van der Waals surface area contributed by atoms with E-state index < -0.39 is 10.0 Å². The third-order valence-corrected chi connectivity index (χ3v) is 7.37. The number of para-hydroxylation sites is 1. The van der Waals surface area contributed by atoms with Gasteiger partial charge in [0.05, 0.1) is 5.69 Å². The minimum absolute atomic E-state index is 0.175. The number of benzene rings is 1. The van der Waals surface area contributed by atoms with Crippen LogP contribution in [-0.4, -0.2) is 56.9 Å². The highest BCUT2D eigenvalue weighted by atomic mass is 32.2. The van der Waals surface area contributed by atoms with Gasteiger partial charge in [0.1, 0.15) is 10.7 Å². The van der Waals surface area contributed by atoms with Crippen LogP contribution in [0, 0.1) is 5.92 Å². The molecular weight excluding hydrogens is 388 g/mol. The van der Waals surface area contributed by atoms with Crippen molar-refractivity contribution in [2.45, 2.75) is 24.7 Å². The summed E-state index contributed by atoms with van der Waals surface area (Å²) in [5.74, 6) is 1.26. The maximum Gasteiger partial charge on any atom is 0.265 e. The third-order valence-electron chi connectivity index (χ3n) is 5.48. The molecule has 7 nitrogen and oxygen atoms in total. The maximum atomic E-state index is 13.1. The molecule has 8 heteroatoms. The second-order valence-corrected chi connectivity index (χ2v) is 9.31. The van der Waals surface area contributed by atoms with Crippen molar-refractivity contribution in [3.05, 3.63) is 48.7 Å². The molecule has 4 rings (SSSR count). The summed E-state index contributed by atoms with van der Waals surface area (Å²) in [6.07, 6.45) is 3.47. The van der Waals surface area contributed by atoms with Gasteiger partial charge in [0, 0.05) is 44.8 Å². The predicted molar refractivity (Wildman–Crippen MR) is 112 cm³/mol. The lowest BCUT2D eigenvalue weighted by Crippen LogP contribution is -2.49. The number of hydrogen-bond acceptors (Lipinski definition) is 5. The van der Waals surface area contributed by atoms with Crippen LogP contribution in [0.5, 0.6) is 0 Å². The molecule has 1 aromatic carbocycles. The van der Waals surface area contributed by atoms with Crippen LogP contribution in [-0.2, 0) is 14.8 Å². The molecule has 0 bridgehead atoms. The van der Waals surface area contributed by atoms with Crippen LogP contribution in [0.2, 0.25) is 0 Å². The van der Waals surface area contributed by atoms with E-state index in [-0.39, 0.29) is 16.7 Å². The van der Waals surface area contributed by atoms with E-state index in [2.05, 4.69) is 9.88 Å². The van der Waals surface area contributed by atoms with Crippen molar-refractivity contribution in [3.8, 4) is 0 Å². The minimum atomic E-state index is -3.67. The molecule has 1 aliphatic carbocycles. The number of pyridine rings is 1. The van der Waals surface area contributed by atoms with Gasteiger partial charge in [-0.25, -0.2) is 13.4 Å². The fourth-order valence-electron chi connectivity index (χ4n) is 3.67. The summed E-state index contributed by atoms with van der Waals surface area (Å²) in [7, 11) is -3.67. The lowest BCUT2D eigenvalue weighted by atomic mass is 10.2. The third kappa shape index (κ3) is 4.07. The van der Waals surface area contributed by atoms with Gasteiger partial charge in [0.15, 0.2) is 0 Å². The summed E-state index contributed by atoms with van der Waals surface area (Å²) < 4.78 is 27.5. The number of rotatable bonds is 6. The van der Waals surface area contributed by atoms with Crippen molar-refractivity contribution in [2.75, 3.05) is 41.9 Å². The zero-order valence-corrected chi connectivity index (χ0v) is 17.4. The quantitative estimate of drug-likeness (QED) is 0.726. The zero-order chi connectivity index (χ0) is 20.4. The smallest absolute Gasteiger partial charge is 0.265 e. The minimum Gasteiger partial charge on any atom is -0.353 e. The molecule has 1 aromatic heterocycles. The Bertz CT molecular complexity index is 951. The topological polar surface area (TPSA) is 73.8 Å². The first kappa shape index (κ1) is 19.7. The summed E-state index contributed by atoms with van der Waals surface area (Å²) in [6.45, 7) is 4.95. The van der Waals surface area contributed by atoms with Crippen molar-refractivity contribution >= 4 is 27.4 Å². The van der Waals surface area contributed by atoms with Crippen LogP contribution in [0.3, 0.4) is 0 Å². The van der Waals surface area contributed by atoms with E-state index in [9.17, 15) is 13.2 Å². The van der Waals surface area contributed by atoms with E-state index in [1.54, 1.807) is 24.3 Å². The summed E-state index contributed by atoms with van der Waals surface area (Å²) in [5.41, 5.74) is 0.635. The Hall–Kier alpha value is -2.61. The van der Waals surface area contributed by atoms with E-state index in [0.717, 1.165) is 18.7 Å². The Balaban J connectivity index is 1.45. The van der Waals surface area contributed by atoms with Crippen molar-refractivity contribution in [1.82, 2.24) is 9.88 Å². The van der Waals surface area contributed by atoms with Gasteiger partial charge in [0.2, 0.25) is 5.91 Å². The van der Waals surface area contributed by atoms with E-state index in [4.69, 9.17) is 0 Å². The molecule has 0 unspecified atom stereocenters. The van der Waals surface area contributed by atoms with Crippen LogP contribution in [0.1, 0.15) is 19.8 Å². The number of aromatic nitrogens is 1. The molecule has 0 N–H and O–H groups in total. The number of hydrogen-bond donors (Lipinski definition) is 0. The largest absolute Gasteiger partial charge is 0.353 e. The lowest BCUT2D eigenvalue weighted by Gasteiger charge is -2.35. The molecule has 1 amide bonds. The highest BCUT2D eigenvalue weighted by Gasteiger charge is 2.34. The van der Waals surface area contributed by atoms with Crippen LogP contribution in [0.4, 0.5) is 11.5 Å². The fourth-order valence-corrected chi connectivity index (χ4v) is 5.09. The number of nitrogens with zero attached hydrogens (tertiary/aromatic N) is 4. The molecule has 1 aliphatic heterocycles. The second kappa shape index (κ2) is 8.02. The molecule has 2 heterocycles. The number of anilines is 2. The standard InChI is InChI=1S/C21H26N4O3S/c1-2-25(18-6-4-3-5-7-18)29(27,28)19-10-11-20(22-16-19)23-12-14-24(15-13-23)21(26)17-8-9-17/h3-7,10-11,16-17H,2,8-9,12-15H2,1H3. The molecular formula is C21H26N4O3S. The van der Waals surface area contributed by atoms with Gasteiger partial charge >= 0.3 is 0 Å². The molecule has 0 radical (unpaired) electrons. The van der Waals surface area contributed by atoms with Gasteiger partial charge in [-0.2, -0.15) is 0 Å². The lowest BCUT2D eigenvalue weighted by molar-refractivity contribution is -0.132. The van der Waals surface area contributed by atoms with E-state index >= 15 is 0 Å². The highest BCUT2D eigenvalue weighted by molar-refractivity contribution is 7.92. The van der Waals surface area contributed by atoms with Crippen LogP contribution >= 0.6 is 0 Å². The van der Waals surface area contributed by atoms with Gasteiger partial charge < -0.3 is 9.80 Å². The van der Waals surface area contributed by atoms with Gasteiger partial charge in [0.25, 0.3) is 10.0 Å². The van der Waals surface area contributed by atoms with E-state index in [1.165, 1.54) is 10.5 Å². The first-order chi connectivity index (χ1) is 14.0. The number of amides is 1. The highest BCUT2D eigenvalue weighted by Crippen LogP contribution is 2.31. The zero-order valence-electron chi connectivity index (χ0n) is 16.6. The normalized spacial score (nSPS) is 17.3. The first-order valence-corrected chi connectivity index (χ1v) is 11.5. The Kier molecular flexibility index (Phi) is 5.45.